The lowest BCUT2D eigenvalue weighted by atomic mass is 10.2. The lowest BCUT2D eigenvalue weighted by molar-refractivity contribution is -0.118. The maximum absolute atomic E-state index is 11.5. The number of nitrogens with one attached hydrogen (secondary N) is 2. The standard InChI is InChI=1S/C11H11ClN4O2/c1-7-4-8(12)2-3-9(7)18-5-10(17)15-11-13-6-14-16-11/h2-4,6H,5H2,1H3,(H2,13,14,15,16,17). The summed E-state index contributed by atoms with van der Waals surface area (Å²) in [5.74, 6) is 0.588. The molecule has 2 N–H and O–H groups in total. The van der Waals surface area contributed by atoms with E-state index in [1.54, 1.807) is 18.2 Å². The normalized spacial score (nSPS) is 10.1. The first-order valence-corrected chi connectivity index (χ1v) is 5.57. The van der Waals surface area contributed by atoms with Crippen LogP contribution in [0, 0.1) is 6.92 Å². The van der Waals surface area contributed by atoms with E-state index in [1.165, 1.54) is 6.33 Å². The number of nitrogens with zero attached hydrogens (tertiary/aromatic N) is 2. The van der Waals surface area contributed by atoms with Crippen LogP contribution in [0.2, 0.25) is 5.02 Å². The minimum Gasteiger partial charge on any atom is -0.483 e. The second-order valence-corrected chi connectivity index (χ2v) is 4.02. The van der Waals surface area contributed by atoms with Crippen molar-refractivity contribution >= 4 is 23.5 Å². The fourth-order valence-corrected chi connectivity index (χ4v) is 1.58. The number of anilines is 1. The first-order chi connectivity index (χ1) is 8.65. The predicted octanol–water partition coefficient (Wildman–Crippen LogP) is 1.78. The molecule has 0 atom stereocenters. The van der Waals surface area contributed by atoms with Crippen LogP contribution in [0.5, 0.6) is 5.75 Å². The summed E-state index contributed by atoms with van der Waals surface area (Å²) in [6, 6.07) is 5.20. The van der Waals surface area contributed by atoms with E-state index < -0.39 is 0 Å². The number of benzene rings is 1. The first-order valence-electron chi connectivity index (χ1n) is 5.19. The minimum atomic E-state index is -0.318. The number of amides is 1. The topological polar surface area (TPSA) is 79.9 Å². The van der Waals surface area contributed by atoms with Gasteiger partial charge in [0.1, 0.15) is 12.1 Å². The highest BCUT2D eigenvalue weighted by Crippen LogP contribution is 2.21. The highest BCUT2D eigenvalue weighted by Gasteiger charge is 2.06. The van der Waals surface area contributed by atoms with Gasteiger partial charge in [0.2, 0.25) is 5.95 Å². The number of hydrogen-bond donors (Lipinski definition) is 2. The van der Waals surface area contributed by atoms with E-state index in [1.807, 2.05) is 6.92 Å². The number of ether oxygens (including phenoxy) is 1. The largest absolute Gasteiger partial charge is 0.483 e. The van der Waals surface area contributed by atoms with E-state index in [0.29, 0.717) is 10.8 Å². The Hall–Kier alpha value is -2.08. The monoisotopic (exact) mass is 266 g/mol. The summed E-state index contributed by atoms with van der Waals surface area (Å²) in [6.45, 7) is 1.75. The van der Waals surface area contributed by atoms with Crippen LogP contribution in [-0.2, 0) is 4.79 Å². The third kappa shape index (κ3) is 3.21. The number of rotatable bonds is 4. The Labute approximate surface area is 108 Å². The summed E-state index contributed by atoms with van der Waals surface area (Å²) in [7, 11) is 0. The van der Waals surface area contributed by atoms with Crippen LogP contribution in [0.15, 0.2) is 24.5 Å². The Balaban J connectivity index is 1.89. The molecular formula is C11H11ClN4O2. The summed E-state index contributed by atoms with van der Waals surface area (Å²) in [5.41, 5.74) is 0.870. The molecule has 2 rings (SSSR count). The zero-order valence-electron chi connectivity index (χ0n) is 9.61. The number of aromatic amines is 1. The van der Waals surface area contributed by atoms with Gasteiger partial charge in [-0.05, 0) is 30.7 Å². The highest BCUT2D eigenvalue weighted by atomic mass is 35.5. The summed E-state index contributed by atoms with van der Waals surface area (Å²) in [4.78, 5) is 15.3. The van der Waals surface area contributed by atoms with Crippen molar-refractivity contribution in [2.75, 3.05) is 11.9 Å². The van der Waals surface area contributed by atoms with E-state index in [0.717, 1.165) is 5.56 Å². The molecule has 0 fully saturated rings. The van der Waals surface area contributed by atoms with Gasteiger partial charge in [0, 0.05) is 5.02 Å². The van der Waals surface area contributed by atoms with Crippen LogP contribution in [0.3, 0.4) is 0 Å². The molecule has 0 aliphatic heterocycles. The average Bonchev–Trinajstić information content (AvgIpc) is 2.80. The Morgan fingerprint density at radius 1 is 1.56 bits per heavy atom. The van der Waals surface area contributed by atoms with Crippen molar-refractivity contribution in [1.82, 2.24) is 15.2 Å². The summed E-state index contributed by atoms with van der Waals surface area (Å²) in [6.07, 6.45) is 1.31. The van der Waals surface area contributed by atoms with Crippen molar-refractivity contribution in [2.24, 2.45) is 0 Å². The van der Waals surface area contributed by atoms with Crippen LogP contribution < -0.4 is 10.1 Å². The van der Waals surface area contributed by atoms with E-state index in [9.17, 15) is 4.79 Å². The molecule has 94 valence electrons. The predicted molar refractivity (Wildman–Crippen MR) is 66.7 cm³/mol. The molecule has 2 aromatic rings. The summed E-state index contributed by atoms with van der Waals surface area (Å²) in [5, 5.41) is 9.26. The van der Waals surface area contributed by atoms with E-state index >= 15 is 0 Å². The van der Waals surface area contributed by atoms with Crippen molar-refractivity contribution in [3.8, 4) is 5.75 Å². The molecule has 1 aromatic carbocycles. The number of halogens is 1. The number of aromatic nitrogens is 3. The van der Waals surface area contributed by atoms with Crippen LogP contribution >= 0.6 is 11.6 Å². The van der Waals surface area contributed by atoms with Crippen molar-refractivity contribution in [1.29, 1.82) is 0 Å². The molecule has 0 aliphatic carbocycles. The zero-order chi connectivity index (χ0) is 13.0. The van der Waals surface area contributed by atoms with E-state index in [4.69, 9.17) is 16.3 Å². The van der Waals surface area contributed by atoms with E-state index in [2.05, 4.69) is 20.5 Å². The fraction of sp³-hybridized carbons (Fsp3) is 0.182. The molecule has 1 heterocycles. The lowest BCUT2D eigenvalue weighted by Gasteiger charge is -2.08. The van der Waals surface area contributed by atoms with Crippen LogP contribution in [0.1, 0.15) is 5.56 Å². The maximum Gasteiger partial charge on any atom is 0.264 e. The first kappa shape index (κ1) is 12.4. The van der Waals surface area contributed by atoms with Gasteiger partial charge in [0.05, 0.1) is 0 Å². The van der Waals surface area contributed by atoms with Gasteiger partial charge in [-0.25, -0.2) is 5.10 Å². The van der Waals surface area contributed by atoms with Crippen LogP contribution in [0.4, 0.5) is 5.95 Å². The minimum absolute atomic E-state index is 0.108. The van der Waals surface area contributed by atoms with Gasteiger partial charge < -0.3 is 4.74 Å². The Kier molecular flexibility index (Phi) is 3.78. The Morgan fingerprint density at radius 3 is 3.06 bits per heavy atom. The fourth-order valence-electron chi connectivity index (χ4n) is 1.35. The van der Waals surface area contributed by atoms with Crippen molar-refractivity contribution in [3.05, 3.63) is 35.1 Å². The van der Waals surface area contributed by atoms with Gasteiger partial charge in [-0.15, -0.1) is 0 Å². The van der Waals surface area contributed by atoms with Gasteiger partial charge in [-0.2, -0.15) is 10.1 Å². The summed E-state index contributed by atoms with van der Waals surface area (Å²) >= 11 is 5.82. The van der Waals surface area contributed by atoms with Gasteiger partial charge in [-0.3, -0.25) is 10.1 Å². The lowest BCUT2D eigenvalue weighted by Crippen LogP contribution is -2.21. The maximum atomic E-state index is 11.5. The molecule has 0 radical (unpaired) electrons. The number of carbonyl (C=O) groups is 1. The third-order valence-corrected chi connectivity index (χ3v) is 2.40. The number of aryl methyl sites for hydroxylation is 1. The molecule has 0 spiro atoms. The van der Waals surface area contributed by atoms with Crippen molar-refractivity contribution < 1.29 is 9.53 Å². The smallest absolute Gasteiger partial charge is 0.264 e. The van der Waals surface area contributed by atoms with Crippen molar-refractivity contribution in [3.63, 3.8) is 0 Å². The second-order valence-electron chi connectivity index (χ2n) is 3.58. The molecule has 0 bridgehead atoms. The molecule has 1 amide bonds. The highest BCUT2D eigenvalue weighted by molar-refractivity contribution is 6.30. The molecule has 0 aliphatic rings. The number of carbonyl (C=O) groups excluding carboxylic acids is 1. The Bertz CT molecular complexity index is 542. The zero-order valence-corrected chi connectivity index (χ0v) is 10.4. The van der Waals surface area contributed by atoms with Crippen molar-refractivity contribution in [2.45, 2.75) is 6.92 Å². The molecule has 18 heavy (non-hydrogen) atoms. The van der Waals surface area contributed by atoms with Crippen LogP contribution in [0.25, 0.3) is 0 Å². The Morgan fingerprint density at radius 2 is 2.39 bits per heavy atom. The average molecular weight is 267 g/mol. The molecule has 7 heteroatoms. The molecule has 1 aromatic heterocycles. The quantitative estimate of drug-likeness (QED) is 0.884. The number of H-pyrrole nitrogens is 1. The molecule has 0 unspecified atom stereocenters. The third-order valence-electron chi connectivity index (χ3n) is 2.17. The number of hydrogen-bond acceptors (Lipinski definition) is 4. The molecule has 6 nitrogen and oxygen atoms in total. The summed E-state index contributed by atoms with van der Waals surface area (Å²) < 4.78 is 5.37. The van der Waals surface area contributed by atoms with Crippen LogP contribution in [-0.4, -0.2) is 27.7 Å². The SMILES string of the molecule is Cc1cc(Cl)ccc1OCC(=O)Nc1ncn[nH]1. The molecule has 0 saturated heterocycles. The van der Waals surface area contributed by atoms with E-state index in [-0.39, 0.29) is 18.5 Å². The van der Waals surface area contributed by atoms with Gasteiger partial charge in [-0.1, -0.05) is 11.6 Å². The van der Waals surface area contributed by atoms with Gasteiger partial charge >= 0.3 is 0 Å². The second kappa shape index (κ2) is 5.50. The van der Waals surface area contributed by atoms with Gasteiger partial charge in [0.25, 0.3) is 5.91 Å². The molecule has 0 saturated carbocycles. The van der Waals surface area contributed by atoms with Gasteiger partial charge in [0.15, 0.2) is 6.61 Å². The molecular weight excluding hydrogens is 256 g/mol.